The Hall–Kier alpha value is -1.22. The third-order valence-corrected chi connectivity index (χ3v) is 3.24. The third-order valence-electron chi connectivity index (χ3n) is 3.24. The standard InChI is InChI=1S/C18H24N.BrH/c1-4-14-19(15-5-2,16-6-3)17-10-13-18-11-8-7-9-12-18;/h1,7-9,11-12H,5-6,14-17H2,2-3H3;1H/q+1;/p-1. The first-order chi connectivity index (χ1) is 9.26. The van der Waals surface area contributed by atoms with Crippen molar-refractivity contribution in [2.45, 2.75) is 26.7 Å². The molecule has 0 radical (unpaired) electrons. The van der Waals surface area contributed by atoms with Gasteiger partial charge in [0.05, 0.1) is 13.1 Å². The number of rotatable bonds is 6. The van der Waals surface area contributed by atoms with Gasteiger partial charge in [-0.15, -0.1) is 6.42 Å². The van der Waals surface area contributed by atoms with E-state index in [1.165, 1.54) is 0 Å². The molecule has 0 fully saturated rings. The minimum Gasteiger partial charge on any atom is -1.00 e. The molecule has 0 unspecified atom stereocenters. The number of quaternary nitrogens is 1. The quantitative estimate of drug-likeness (QED) is 0.519. The van der Waals surface area contributed by atoms with Crippen LogP contribution in [0.2, 0.25) is 0 Å². The maximum atomic E-state index is 5.54. The smallest absolute Gasteiger partial charge is 0.142 e. The Morgan fingerprint density at radius 3 is 2.10 bits per heavy atom. The van der Waals surface area contributed by atoms with Crippen LogP contribution in [0.15, 0.2) is 30.3 Å². The molecular formula is C18H24BrN. The van der Waals surface area contributed by atoms with Crippen LogP contribution in [0.4, 0.5) is 0 Å². The van der Waals surface area contributed by atoms with Gasteiger partial charge in [-0.3, -0.25) is 0 Å². The first kappa shape index (κ1) is 18.8. The summed E-state index contributed by atoms with van der Waals surface area (Å²) >= 11 is 0. The van der Waals surface area contributed by atoms with Crippen molar-refractivity contribution < 1.29 is 21.5 Å². The van der Waals surface area contributed by atoms with Gasteiger partial charge >= 0.3 is 0 Å². The van der Waals surface area contributed by atoms with Crippen molar-refractivity contribution in [3.05, 3.63) is 35.9 Å². The lowest BCUT2D eigenvalue weighted by Gasteiger charge is -2.35. The molecule has 0 aliphatic carbocycles. The first-order valence-corrected chi connectivity index (χ1v) is 7.09. The highest BCUT2D eigenvalue weighted by molar-refractivity contribution is 5.33. The van der Waals surface area contributed by atoms with Crippen LogP contribution in [-0.4, -0.2) is 30.7 Å². The van der Waals surface area contributed by atoms with Crippen molar-refractivity contribution >= 4 is 0 Å². The fourth-order valence-corrected chi connectivity index (χ4v) is 2.46. The molecule has 0 heterocycles. The van der Waals surface area contributed by atoms with Crippen molar-refractivity contribution in [3.8, 4) is 24.2 Å². The number of halogens is 1. The van der Waals surface area contributed by atoms with E-state index < -0.39 is 0 Å². The molecule has 108 valence electrons. The Kier molecular flexibility index (Phi) is 9.91. The van der Waals surface area contributed by atoms with Crippen LogP contribution in [0.5, 0.6) is 0 Å². The molecule has 1 rings (SSSR count). The van der Waals surface area contributed by atoms with Gasteiger partial charge in [0.25, 0.3) is 0 Å². The maximum Gasteiger partial charge on any atom is 0.142 e. The Labute approximate surface area is 134 Å². The van der Waals surface area contributed by atoms with E-state index >= 15 is 0 Å². The van der Waals surface area contributed by atoms with Crippen molar-refractivity contribution in [1.29, 1.82) is 0 Å². The zero-order chi connectivity index (χ0) is 14.0. The summed E-state index contributed by atoms with van der Waals surface area (Å²) < 4.78 is 0.934. The summed E-state index contributed by atoms with van der Waals surface area (Å²) in [6.07, 6.45) is 7.84. The first-order valence-electron chi connectivity index (χ1n) is 7.09. The number of hydrogen-bond acceptors (Lipinski definition) is 0. The van der Waals surface area contributed by atoms with Crippen molar-refractivity contribution in [1.82, 2.24) is 0 Å². The molecule has 2 heteroatoms. The second-order valence-electron chi connectivity index (χ2n) is 4.98. The summed E-state index contributed by atoms with van der Waals surface area (Å²) in [5, 5.41) is 0. The van der Waals surface area contributed by atoms with E-state index in [2.05, 4.69) is 31.6 Å². The second kappa shape index (κ2) is 10.6. The zero-order valence-corrected chi connectivity index (χ0v) is 14.1. The van der Waals surface area contributed by atoms with Gasteiger partial charge in [-0.25, -0.2) is 0 Å². The fraction of sp³-hybridized carbons (Fsp3) is 0.444. The summed E-state index contributed by atoms with van der Waals surface area (Å²) in [6.45, 7) is 8.28. The van der Waals surface area contributed by atoms with E-state index in [4.69, 9.17) is 6.42 Å². The zero-order valence-electron chi connectivity index (χ0n) is 12.5. The van der Waals surface area contributed by atoms with Crippen LogP contribution in [0.1, 0.15) is 32.3 Å². The summed E-state index contributed by atoms with van der Waals surface area (Å²) in [6, 6.07) is 10.1. The van der Waals surface area contributed by atoms with Gasteiger partial charge in [0.2, 0.25) is 0 Å². The van der Waals surface area contributed by atoms with E-state index in [-0.39, 0.29) is 17.0 Å². The van der Waals surface area contributed by atoms with Crippen LogP contribution in [0, 0.1) is 24.2 Å². The molecule has 0 bridgehead atoms. The molecule has 0 N–H and O–H groups in total. The van der Waals surface area contributed by atoms with Crippen LogP contribution in [-0.2, 0) is 0 Å². The predicted molar refractivity (Wildman–Crippen MR) is 82.5 cm³/mol. The molecule has 1 nitrogen and oxygen atoms in total. The minimum absolute atomic E-state index is 0. The molecule has 0 spiro atoms. The van der Waals surface area contributed by atoms with Gasteiger partial charge in [-0.05, 0) is 36.8 Å². The van der Waals surface area contributed by atoms with E-state index in [0.717, 1.165) is 49.1 Å². The van der Waals surface area contributed by atoms with Gasteiger partial charge in [-0.2, -0.15) is 0 Å². The van der Waals surface area contributed by atoms with Crippen LogP contribution in [0.25, 0.3) is 0 Å². The van der Waals surface area contributed by atoms with E-state index in [0.29, 0.717) is 0 Å². The van der Waals surface area contributed by atoms with E-state index in [1.807, 2.05) is 30.3 Å². The average molecular weight is 334 g/mol. The number of hydrogen-bond donors (Lipinski definition) is 0. The van der Waals surface area contributed by atoms with Gasteiger partial charge in [0, 0.05) is 5.56 Å². The fourth-order valence-electron chi connectivity index (χ4n) is 2.46. The molecule has 20 heavy (non-hydrogen) atoms. The molecule has 1 aromatic rings. The van der Waals surface area contributed by atoms with Crippen LogP contribution in [0.3, 0.4) is 0 Å². The number of nitrogens with zero attached hydrogens (tertiary/aromatic N) is 1. The Morgan fingerprint density at radius 2 is 1.60 bits per heavy atom. The molecule has 1 aromatic carbocycles. The van der Waals surface area contributed by atoms with Gasteiger partial charge in [0.1, 0.15) is 13.1 Å². The van der Waals surface area contributed by atoms with Crippen LogP contribution >= 0.6 is 0 Å². The normalized spacial score (nSPS) is 9.85. The third kappa shape index (κ3) is 6.29. The topological polar surface area (TPSA) is 0 Å². The molecule has 0 aliphatic heterocycles. The molecule has 0 aromatic heterocycles. The average Bonchev–Trinajstić information content (AvgIpc) is 2.41. The molecule has 0 saturated heterocycles. The molecule has 0 saturated carbocycles. The number of benzene rings is 1. The lowest BCUT2D eigenvalue weighted by Crippen LogP contribution is -3.00. The lowest BCUT2D eigenvalue weighted by molar-refractivity contribution is -0.915. The molecule has 0 aliphatic rings. The van der Waals surface area contributed by atoms with Gasteiger partial charge in [0.15, 0.2) is 0 Å². The highest BCUT2D eigenvalue weighted by atomic mass is 79.9. The van der Waals surface area contributed by atoms with Crippen molar-refractivity contribution in [2.75, 3.05) is 26.2 Å². The van der Waals surface area contributed by atoms with Crippen LogP contribution < -0.4 is 17.0 Å². The molecular weight excluding hydrogens is 310 g/mol. The SMILES string of the molecule is C#CC[N+](CC#Cc1ccccc1)(CCC)CCC.[Br-]. The summed E-state index contributed by atoms with van der Waals surface area (Å²) in [7, 11) is 0. The molecule has 0 amide bonds. The summed E-state index contributed by atoms with van der Waals surface area (Å²) in [5.41, 5.74) is 1.08. The maximum absolute atomic E-state index is 5.54. The highest BCUT2D eigenvalue weighted by Crippen LogP contribution is 2.09. The minimum atomic E-state index is 0. The highest BCUT2D eigenvalue weighted by Gasteiger charge is 2.22. The van der Waals surface area contributed by atoms with Crippen molar-refractivity contribution in [3.63, 3.8) is 0 Å². The summed E-state index contributed by atoms with van der Waals surface area (Å²) in [4.78, 5) is 0. The Bertz CT molecular complexity index is 456. The lowest BCUT2D eigenvalue weighted by atomic mass is 10.2. The Morgan fingerprint density at radius 1 is 1.00 bits per heavy atom. The van der Waals surface area contributed by atoms with Gasteiger partial charge in [-0.1, -0.05) is 38.0 Å². The molecule has 0 atom stereocenters. The van der Waals surface area contributed by atoms with E-state index in [9.17, 15) is 0 Å². The largest absolute Gasteiger partial charge is 1.00 e. The Balaban J connectivity index is 0.00000361. The van der Waals surface area contributed by atoms with Crippen molar-refractivity contribution in [2.24, 2.45) is 0 Å². The summed E-state index contributed by atoms with van der Waals surface area (Å²) in [5.74, 6) is 9.40. The van der Waals surface area contributed by atoms with Gasteiger partial charge < -0.3 is 21.5 Å². The van der Waals surface area contributed by atoms with E-state index in [1.54, 1.807) is 0 Å². The monoisotopic (exact) mass is 333 g/mol. The second-order valence-corrected chi connectivity index (χ2v) is 4.98. The number of terminal acetylenes is 1. The predicted octanol–water partition coefficient (Wildman–Crippen LogP) is 0.312.